The fourth-order valence-electron chi connectivity index (χ4n) is 6.58. The highest BCUT2D eigenvalue weighted by atomic mass is 16.5. The number of aromatic nitrogens is 4. The topological polar surface area (TPSA) is 85.0 Å². The van der Waals surface area contributed by atoms with Gasteiger partial charge in [-0.1, -0.05) is 0 Å². The number of carbonyl (C=O) groups is 2. The summed E-state index contributed by atoms with van der Waals surface area (Å²) in [5, 5.41) is 1.07. The van der Waals surface area contributed by atoms with Crippen molar-refractivity contribution in [3.8, 4) is 17.3 Å². The van der Waals surface area contributed by atoms with E-state index in [1.807, 2.05) is 16.2 Å². The summed E-state index contributed by atoms with van der Waals surface area (Å²) in [6, 6.07) is 10.2. The van der Waals surface area contributed by atoms with Gasteiger partial charge in [0.1, 0.15) is 23.3 Å². The normalized spacial score (nSPS) is 19.6. The van der Waals surface area contributed by atoms with Crippen LogP contribution >= 0.6 is 0 Å². The molecular formula is C31H36N6O3. The van der Waals surface area contributed by atoms with E-state index in [9.17, 15) is 9.59 Å². The van der Waals surface area contributed by atoms with Crippen LogP contribution in [0.25, 0.3) is 28.1 Å². The van der Waals surface area contributed by atoms with Crippen LogP contribution in [-0.2, 0) is 6.54 Å². The Balaban J connectivity index is 1.33. The van der Waals surface area contributed by atoms with E-state index in [1.165, 1.54) is 12.8 Å². The number of urea groups is 1. The van der Waals surface area contributed by atoms with E-state index in [4.69, 9.17) is 14.7 Å². The van der Waals surface area contributed by atoms with Crippen molar-refractivity contribution < 1.29 is 14.3 Å². The molecule has 4 aromatic rings. The zero-order valence-corrected chi connectivity index (χ0v) is 23.3. The molecule has 40 heavy (non-hydrogen) atoms. The summed E-state index contributed by atoms with van der Waals surface area (Å²) in [6.07, 6.45) is 8.55. The number of ether oxygens (including phenoxy) is 1. The second kappa shape index (κ2) is 9.94. The Morgan fingerprint density at radius 2 is 1.82 bits per heavy atom. The summed E-state index contributed by atoms with van der Waals surface area (Å²) in [5.74, 6) is 1.22. The molecule has 6 heterocycles. The first-order valence-corrected chi connectivity index (χ1v) is 14.6. The predicted octanol–water partition coefficient (Wildman–Crippen LogP) is 5.63. The van der Waals surface area contributed by atoms with Crippen molar-refractivity contribution >= 4 is 29.0 Å². The molecule has 2 saturated heterocycles. The standard InChI is InChI=1S/C31H36N6O3/c1-20-29(33-27-15-22(19-38)16-28(40-2)37(20)27)26-17-23-10-11-24(32-30(23)36(26)18-21-8-9-21)25-7-3-4-14-35(25)31(39)34-12-5-6-13-34/h10-11,15-17,19,21,25H,3-9,12-14,18H2,1-2H3. The Bertz CT molecular complexity index is 1610. The number of likely N-dealkylation sites (tertiary alicyclic amines) is 2. The smallest absolute Gasteiger partial charge is 0.320 e. The Labute approximate surface area is 233 Å². The molecular weight excluding hydrogens is 504 g/mol. The highest BCUT2D eigenvalue weighted by Gasteiger charge is 2.33. The van der Waals surface area contributed by atoms with Crippen LogP contribution in [0.4, 0.5) is 4.79 Å². The summed E-state index contributed by atoms with van der Waals surface area (Å²) in [4.78, 5) is 39.4. The highest BCUT2D eigenvalue weighted by Crippen LogP contribution is 2.38. The average Bonchev–Trinajstić information content (AvgIpc) is 3.35. The van der Waals surface area contributed by atoms with Gasteiger partial charge in [0.05, 0.1) is 30.2 Å². The first-order chi connectivity index (χ1) is 19.6. The number of amides is 2. The number of hydrogen-bond acceptors (Lipinski definition) is 5. The number of methoxy groups -OCH3 is 1. The number of rotatable bonds is 6. The average molecular weight is 541 g/mol. The van der Waals surface area contributed by atoms with Crippen LogP contribution in [0.5, 0.6) is 5.88 Å². The predicted molar refractivity (Wildman–Crippen MR) is 153 cm³/mol. The molecule has 0 aromatic carbocycles. The zero-order chi connectivity index (χ0) is 27.4. The molecule has 1 aliphatic carbocycles. The lowest BCUT2D eigenvalue weighted by Crippen LogP contribution is -2.46. The molecule has 3 fully saturated rings. The Morgan fingerprint density at radius 3 is 2.58 bits per heavy atom. The first-order valence-electron chi connectivity index (χ1n) is 14.6. The van der Waals surface area contributed by atoms with Gasteiger partial charge in [-0.2, -0.15) is 0 Å². The third kappa shape index (κ3) is 4.22. The molecule has 208 valence electrons. The van der Waals surface area contributed by atoms with Gasteiger partial charge in [-0.05, 0) is 82.1 Å². The lowest BCUT2D eigenvalue weighted by Gasteiger charge is -2.37. The van der Waals surface area contributed by atoms with Crippen LogP contribution in [0.1, 0.15) is 72.7 Å². The van der Waals surface area contributed by atoms with Crippen molar-refractivity contribution in [2.45, 2.75) is 64.5 Å². The second-order valence-corrected chi connectivity index (χ2v) is 11.6. The third-order valence-electron chi connectivity index (χ3n) is 8.90. The van der Waals surface area contributed by atoms with Crippen molar-refractivity contribution in [3.05, 3.63) is 47.3 Å². The van der Waals surface area contributed by atoms with E-state index in [1.54, 1.807) is 19.2 Å². The summed E-state index contributed by atoms with van der Waals surface area (Å²) < 4.78 is 9.91. The van der Waals surface area contributed by atoms with Crippen LogP contribution in [0.2, 0.25) is 0 Å². The van der Waals surface area contributed by atoms with Crippen LogP contribution in [-0.4, -0.2) is 67.8 Å². The number of hydrogen-bond donors (Lipinski definition) is 0. The summed E-state index contributed by atoms with van der Waals surface area (Å²) >= 11 is 0. The molecule has 0 bridgehead atoms. The van der Waals surface area contributed by atoms with Gasteiger partial charge in [0.2, 0.25) is 0 Å². The maximum Gasteiger partial charge on any atom is 0.320 e. The van der Waals surface area contributed by atoms with Gasteiger partial charge in [0.25, 0.3) is 0 Å². The van der Waals surface area contributed by atoms with Gasteiger partial charge in [-0.3, -0.25) is 9.20 Å². The van der Waals surface area contributed by atoms with E-state index in [0.717, 1.165) is 98.4 Å². The molecule has 1 saturated carbocycles. The number of nitrogens with zero attached hydrogens (tertiary/aromatic N) is 6. The quantitative estimate of drug-likeness (QED) is 0.296. The molecule has 1 atom stereocenters. The molecule has 7 rings (SSSR count). The fraction of sp³-hybridized carbons (Fsp3) is 0.484. The number of piperidine rings is 1. The molecule has 9 nitrogen and oxygen atoms in total. The SMILES string of the molecule is COc1cc(C=O)cc2nc(-c3cc4ccc(C5CCCCN5C(=O)N5CCCC5)nc4n3CC3CC3)c(C)n12. The fourth-order valence-corrected chi connectivity index (χ4v) is 6.58. The molecule has 4 aromatic heterocycles. The monoisotopic (exact) mass is 540 g/mol. The minimum absolute atomic E-state index is 0.00179. The van der Waals surface area contributed by atoms with Crippen LogP contribution in [0.3, 0.4) is 0 Å². The summed E-state index contributed by atoms with van der Waals surface area (Å²) in [5.41, 5.74) is 6.00. The van der Waals surface area contributed by atoms with Crippen molar-refractivity contribution in [2.24, 2.45) is 5.92 Å². The lowest BCUT2D eigenvalue weighted by atomic mass is 9.99. The Kier molecular flexibility index (Phi) is 6.24. The lowest BCUT2D eigenvalue weighted by molar-refractivity contribution is 0.112. The van der Waals surface area contributed by atoms with Gasteiger partial charge in [0.15, 0.2) is 5.88 Å². The van der Waals surface area contributed by atoms with Gasteiger partial charge in [-0.15, -0.1) is 0 Å². The number of carbonyl (C=O) groups excluding carboxylic acids is 2. The largest absolute Gasteiger partial charge is 0.482 e. The number of fused-ring (bicyclic) bond motifs is 2. The third-order valence-corrected chi connectivity index (χ3v) is 8.90. The molecule has 3 aliphatic rings. The van der Waals surface area contributed by atoms with E-state index >= 15 is 0 Å². The van der Waals surface area contributed by atoms with E-state index in [0.29, 0.717) is 23.0 Å². The number of aldehydes is 1. The molecule has 2 aliphatic heterocycles. The summed E-state index contributed by atoms with van der Waals surface area (Å²) in [6.45, 7) is 5.44. The molecule has 2 amide bonds. The Morgan fingerprint density at radius 1 is 1.02 bits per heavy atom. The highest BCUT2D eigenvalue weighted by molar-refractivity contribution is 5.85. The van der Waals surface area contributed by atoms with Crippen LogP contribution < -0.4 is 4.74 Å². The van der Waals surface area contributed by atoms with Gasteiger partial charge < -0.3 is 19.1 Å². The number of imidazole rings is 1. The van der Waals surface area contributed by atoms with Crippen LogP contribution in [0.15, 0.2) is 30.3 Å². The molecule has 9 heteroatoms. The molecule has 0 spiro atoms. The van der Waals surface area contributed by atoms with Gasteiger partial charge >= 0.3 is 6.03 Å². The molecule has 0 N–H and O–H groups in total. The number of pyridine rings is 2. The number of aryl methyl sites for hydroxylation is 1. The van der Waals surface area contributed by atoms with E-state index in [-0.39, 0.29) is 12.1 Å². The van der Waals surface area contributed by atoms with Crippen molar-refractivity contribution in [1.29, 1.82) is 0 Å². The maximum atomic E-state index is 13.5. The van der Waals surface area contributed by atoms with Crippen molar-refractivity contribution in [3.63, 3.8) is 0 Å². The zero-order valence-electron chi connectivity index (χ0n) is 23.3. The van der Waals surface area contributed by atoms with Crippen LogP contribution in [0, 0.1) is 12.8 Å². The Hall–Kier alpha value is -3.88. The van der Waals surface area contributed by atoms with Crippen molar-refractivity contribution in [2.75, 3.05) is 26.7 Å². The molecule has 1 unspecified atom stereocenters. The van der Waals surface area contributed by atoms with Gasteiger partial charge in [-0.25, -0.2) is 14.8 Å². The van der Waals surface area contributed by atoms with E-state index < -0.39 is 0 Å². The van der Waals surface area contributed by atoms with Gasteiger partial charge in [0, 0.05) is 43.2 Å². The minimum Gasteiger partial charge on any atom is -0.482 e. The minimum atomic E-state index is 0.00179. The van der Waals surface area contributed by atoms with E-state index in [2.05, 4.69) is 27.7 Å². The van der Waals surface area contributed by atoms with Crippen molar-refractivity contribution in [1.82, 2.24) is 28.7 Å². The summed E-state index contributed by atoms with van der Waals surface area (Å²) in [7, 11) is 1.61. The maximum absolute atomic E-state index is 13.5. The first kappa shape index (κ1) is 25.1. The second-order valence-electron chi connectivity index (χ2n) is 11.6. The molecule has 0 radical (unpaired) electrons.